The summed E-state index contributed by atoms with van der Waals surface area (Å²) in [6.45, 7) is 4.37. The van der Waals surface area contributed by atoms with E-state index < -0.39 is 6.04 Å². The molecule has 2 aromatic carbocycles. The van der Waals surface area contributed by atoms with E-state index in [1.807, 2.05) is 30.3 Å². The van der Waals surface area contributed by atoms with Crippen molar-refractivity contribution >= 4 is 11.6 Å². The number of anilines is 1. The Bertz CT molecular complexity index is 716. The zero-order valence-corrected chi connectivity index (χ0v) is 15.4. The molecule has 1 saturated heterocycles. The summed E-state index contributed by atoms with van der Waals surface area (Å²) >= 11 is 0. The number of carbonyl (C=O) groups excluding carboxylic acids is 1. The van der Waals surface area contributed by atoms with Gasteiger partial charge in [-0.25, -0.2) is 4.39 Å². The first-order valence-corrected chi connectivity index (χ1v) is 9.36. The second kappa shape index (κ2) is 9.60. The number of benzene rings is 2. The fourth-order valence-corrected chi connectivity index (χ4v) is 3.45. The Kier molecular flexibility index (Phi) is 6.92. The average molecular weight is 371 g/mol. The van der Waals surface area contributed by atoms with Gasteiger partial charge in [-0.2, -0.15) is 0 Å². The molecule has 6 heteroatoms. The summed E-state index contributed by atoms with van der Waals surface area (Å²) in [6, 6.07) is 15.2. The maximum absolute atomic E-state index is 13.1. The van der Waals surface area contributed by atoms with Gasteiger partial charge < -0.3 is 15.3 Å². The van der Waals surface area contributed by atoms with E-state index in [-0.39, 0.29) is 18.3 Å². The molecule has 0 radical (unpaired) electrons. The first-order valence-electron chi connectivity index (χ1n) is 9.36. The van der Waals surface area contributed by atoms with Crippen LogP contribution < -0.4 is 5.32 Å². The molecule has 27 heavy (non-hydrogen) atoms. The standard InChI is InChI=1S/C21H26FN3O2/c22-18-7-9-19(10-8-18)23-21(27)20(17-5-2-1-3-6-17)25-14-12-24(13-15-25)11-4-16-26/h1-3,5-10,20,26H,4,11-16H2,(H,23,27)/t20-/m1/s1. The highest BCUT2D eigenvalue weighted by atomic mass is 19.1. The van der Waals surface area contributed by atoms with Crippen LogP contribution in [0.4, 0.5) is 10.1 Å². The second-order valence-electron chi connectivity index (χ2n) is 6.76. The van der Waals surface area contributed by atoms with E-state index in [1.165, 1.54) is 12.1 Å². The Hall–Kier alpha value is -2.28. The monoisotopic (exact) mass is 371 g/mol. The molecular formula is C21H26FN3O2. The van der Waals surface area contributed by atoms with E-state index in [0.29, 0.717) is 5.69 Å². The van der Waals surface area contributed by atoms with Crippen molar-refractivity contribution in [3.8, 4) is 0 Å². The molecule has 144 valence electrons. The lowest BCUT2D eigenvalue weighted by Gasteiger charge is -2.38. The topological polar surface area (TPSA) is 55.8 Å². The Morgan fingerprint density at radius 2 is 1.70 bits per heavy atom. The molecule has 0 unspecified atom stereocenters. The van der Waals surface area contributed by atoms with Crippen molar-refractivity contribution in [2.75, 3.05) is 44.6 Å². The molecule has 3 rings (SSSR count). The molecule has 1 heterocycles. The minimum absolute atomic E-state index is 0.114. The summed E-state index contributed by atoms with van der Waals surface area (Å²) in [5, 5.41) is 11.9. The molecule has 0 spiro atoms. The number of nitrogens with one attached hydrogen (secondary N) is 1. The Morgan fingerprint density at radius 3 is 2.33 bits per heavy atom. The average Bonchev–Trinajstić information content (AvgIpc) is 2.70. The zero-order chi connectivity index (χ0) is 19.1. The number of aliphatic hydroxyl groups excluding tert-OH is 1. The van der Waals surface area contributed by atoms with Gasteiger partial charge in [-0.15, -0.1) is 0 Å². The van der Waals surface area contributed by atoms with Gasteiger partial charge in [0.05, 0.1) is 0 Å². The Morgan fingerprint density at radius 1 is 1.04 bits per heavy atom. The predicted octanol–water partition coefficient (Wildman–Crippen LogP) is 2.51. The number of carbonyl (C=O) groups is 1. The third kappa shape index (κ3) is 5.35. The maximum Gasteiger partial charge on any atom is 0.246 e. The van der Waals surface area contributed by atoms with Crippen LogP contribution in [0.2, 0.25) is 0 Å². The molecule has 1 aliphatic rings. The van der Waals surface area contributed by atoms with E-state index >= 15 is 0 Å². The number of nitrogens with zero attached hydrogens (tertiary/aromatic N) is 2. The fourth-order valence-electron chi connectivity index (χ4n) is 3.45. The minimum atomic E-state index is -0.392. The highest BCUT2D eigenvalue weighted by Crippen LogP contribution is 2.24. The normalized spacial score (nSPS) is 16.8. The van der Waals surface area contributed by atoms with Crippen LogP contribution in [0.15, 0.2) is 54.6 Å². The van der Waals surface area contributed by atoms with Crippen LogP contribution in [0, 0.1) is 5.82 Å². The summed E-state index contributed by atoms with van der Waals surface area (Å²) in [7, 11) is 0. The van der Waals surface area contributed by atoms with E-state index in [1.54, 1.807) is 12.1 Å². The van der Waals surface area contributed by atoms with Crippen molar-refractivity contribution < 1.29 is 14.3 Å². The van der Waals surface area contributed by atoms with Gasteiger partial charge in [-0.05, 0) is 36.2 Å². The molecule has 5 nitrogen and oxygen atoms in total. The first-order chi connectivity index (χ1) is 13.2. The first kappa shape index (κ1) is 19.5. The number of aliphatic hydroxyl groups is 1. The zero-order valence-electron chi connectivity index (χ0n) is 15.4. The van der Waals surface area contributed by atoms with Crippen LogP contribution in [-0.2, 0) is 4.79 Å². The third-order valence-electron chi connectivity index (χ3n) is 4.88. The lowest BCUT2D eigenvalue weighted by Crippen LogP contribution is -2.50. The third-order valence-corrected chi connectivity index (χ3v) is 4.88. The number of hydrogen-bond donors (Lipinski definition) is 2. The van der Waals surface area contributed by atoms with Crippen molar-refractivity contribution in [2.24, 2.45) is 0 Å². The van der Waals surface area contributed by atoms with Gasteiger partial charge in [0, 0.05) is 45.0 Å². The van der Waals surface area contributed by atoms with Gasteiger partial charge >= 0.3 is 0 Å². The number of piperazine rings is 1. The van der Waals surface area contributed by atoms with Crippen molar-refractivity contribution in [2.45, 2.75) is 12.5 Å². The predicted molar refractivity (Wildman–Crippen MR) is 104 cm³/mol. The van der Waals surface area contributed by atoms with E-state index in [0.717, 1.165) is 44.7 Å². The highest BCUT2D eigenvalue weighted by Gasteiger charge is 2.30. The van der Waals surface area contributed by atoms with Crippen LogP contribution in [0.5, 0.6) is 0 Å². The van der Waals surface area contributed by atoms with Crippen LogP contribution in [-0.4, -0.2) is 60.1 Å². The molecule has 0 bridgehead atoms. The largest absolute Gasteiger partial charge is 0.396 e. The van der Waals surface area contributed by atoms with Crippen LogP contribution >= 0.6 is 0 Å². The summed E-state index contributed by atoms with van der Waals surface area (Å²) in [6.07, 6.45) is 0.771. The Labute approximate surface area is 159 Å². The van der Waals surface area contributed by atoms with Gasteiger partial charge in [-0.1, -0.05) is 30.3 Å². The lowest BCUT2D eigenvalue weighted by molar-refractivity contribution is -0.122. The van der Waals surface area contributed by atoms with E-state index in [9.17, 15) is 9.18 Å². The van der Waals surface area contributed by atoms with Crippen molar-refractivity contribution in [3.63, 3.8) is 0 Å². The van der Waals surface area contributed by atoms with Crippen LogP contribution in [0.25, 0.3) is 0 Å². The molecule has 1 aliphatic heterocycles. The number of halogens is 1. The van der Waals surface area contributed by atoms with Gasteiger partial charge in [0.2, 0.25) is 5.91 Å². The highest BCUT2D eigenvalue weighted by molar-refractivity contribution is 5.95. The summed E-state index contributed by atoms with van der Waals surface area (Å²) < 4.78 is 13.1. The van der Waals surface area contributed by atoms with E-state index in [4.69, 9.17) is 5.11 Å². The van der Waals surface area contributed by atoms with Gasteiger partial charge in [0.1, 0.15) is 11.9 Å². The van der Waals surface area contributed by atoms with E-state index in [2.05, 4.69) is 15.1 Å². The smallest absolute Gasteiger partial charge is 0.246 e. The molecule has 0 aromatic heterocycles. The number of rotatable bonds is 7. The molecule has 1 atom stereocenters. The molecular weight excluding hydrogens is 345 g/mol. The summed E-state index contributed by atoms with van der Waals surface area (Å²) in [5.74, 6) is -0.441. The van der Waals surface area contributed by atoms with Crippen LogP contribution in [0.1, 0.15) is 18.0 Å². The lowest BCUT2D eigenvalue weighted by atomic mass is 10.0. The molecule has 1 amide bonds. The molecule has 0 aliphatic carbocycles. The summed E-state index contributed by atoms with van der Waals surface area (Å²) in [4.78, 5) is 17.6. The fraction of sp³-hybridized carbons (Fsp3) is 0.381. The number of amides is 1. The molecule has 2 aromatic rings. The maximum atomic E-state index is 13.1. The second-order valence-corrected chi connectivity index (χ2v) is 6.76. The van der Waals surface area contributed by atoms with Crippen molar-refractivity contribution in [3.05, 3.63) is 66.0 Å². The quantitative estimate of drug-likeness (QED) is 0.785. The van der Waals surface area contributed by atoms with Crippen LogP contribution in [0.3, 0.4) is 0 Å². The van der Waals surface area contributed by atoms with Crippen molar-refractivity contribution in [1.29, 1.82) is 0 Å². The van der Waals surface area contributed by atoms with Gasteiger partial charge in [-0.3, -0.25) is 9.69 Å². The van der Waals surface area contributed by atoms with Gasteiger partial charge in [0.25, 0.3) is 0 Å². The minimum Gasteiger partial charge on any atom is -0.396 e. The SMILES string of the molecule is O=C(Nc1ccc(F)cc1)[C@@H](c1ccccc1)N1CCN(CCCO)CC1. The van der Waals surface area contributed by atoms with Gasteiger partial charge in [0.15, 0.2) is 0 Å². The molecule has 1 fully saturated rings. The summed E-state index contributed by atoms with van der Waals surface area (Å²) in [5.41, 5.74) is 1.53. The number of hydrogen-bond acceptors (Lipinski definition) is 4. The molecule has 0 saturated carbocycles. The Balaban J connectivity index is 1.72. The van der Waals surface area contributed by atoms with Crippen molar-refractivity contribution in [1.82, 2.24) is 9.80 Å². The molecule has 2 N–H and O–H groups in total.